The SMILES string of the molecule is CC(=O)Nc1ccc(CNC(=O)c2ccc(C)nc2)cc1. The Labute approximate surface area is 123 Å². The van der Waals surface area contributed by atoms with Crippen LogP contribution in [0.25, 0.3) is 0 Å². The van der Waals surface area contributed by atoms with Crippen LogP contribution in [-0.4, -0.2) is 16.8 Å². The third-order valence-corrected chi connectivity index (χ3v) is 2.90. The van der Waals surface area contributed by atoms with E-state index in [9.17, 15) is 9.59 Å². The molecule has 0 aliphatic heterocycles. The second kappa shape index (κ2) is 6.65. The Morgan fingerprint density at radius 2 is 1.81 bits per heavy atom. The standard InChI is InChI=1S/C16H17N3O2/c1-11-3-6-14(10-17-11)16(21)18-9-13-4-7-15(8-5-13)19-12(2)20/h3-8,10H,9H2,1-2H3,(H,18,21)(H,19,20). The van der Waals surface area contributed by atoms with E-state index in [2.05, 4.69) is 15.6 Å². The maximum Gasteiger partial charge on any atom is 0.253 e. The molecule has 21 heavy (non-hydrogen) atoms. The van der Waals surface area contributed by atoms with Crippen molar-refractivity contribution in [2.45, 2.75) is 20.4 Å². The van der Waals surface area contributed by atoms with Gasteiger partial charge in [-0.3, -0.25) is 14.6 Å². The number of benzene rings is 1. The number of anilines is 1. The highest BCUT2D eigenvalue weighted by Gasteiger charge is 2.05. The number of carbonyl (C=O) groups is 2. The lowest BCUT2D eigenvalue weighted by atomic mass is 10.2. The molecule has 2 N–H and O–H groups in total. The molecule has 0 bridgehead atoms. The van der Waals surface area contributed by atoms with Gasteiger partial charge in [-0.15, -0.1) is 0 Å². The quantitative estimate of drug-likeness (QED) is 0.904. The van der Waals surface area contributed by atoms with Gasteiger partial charge in [-0.1, -0.05) is 12.1 Å². The summed E-state index contributed by atoms with van der Waals surface area (Å²) in [4.78, 5) is 26.9. The highest BCUT2D eigenvalue weighted by atomic mass is 16.2. The van der Waals surface area contributed by atoms with Crippen molar-refractivity contribution >= 4 is 17.5 Å². The minimum absolute atomic E-state index is 0.108. The molecule has 0 fully saturated rings. The Kier molecular flexibility index (Phi) is 4.66. The van der Waals surface area contributed by atoms with Crippen LogP contribution in [0.1, 0.15) is 28.5 Å². The molecule has 0 unspecified atom stereocenters. The van der Waals surface area contributed by atoms with E-state index in [0.717, 1.165) is 16.9 Å². The summed E-state index contributed by atoms with van der Waals surface area (Å²) in [7, 11) is 0. The van der Waals surface area contributed by atoms with E-state index in [0.29, 0.717) is 12.1 Å². The van der Waals surface area contributed by atoms with Crippen LogP contribution in [0.15, 0.2) is 42.6 Å². The Hall–Kier alpha value is -2.69. The molecule has 108 valence electrons. The van der Waals surface area contributed by atoms with E-state index in [1.807, 2.05) is 19.1 Å². The number of aryl methyl sites for hydroxylation is 1. The molecule has 5 heteroatoms. The molecule has 1 heterocycles. The van der Waals surface area contributed by atoms with E-state index in [1.165, 1.54) is 6.92 Å². The number of hydrogen-bond acceptors (Lipinski definition) is 3. The third-order valence-electron chi connectivity index (χ3n) is 2.90. The van der Waals surface area contributed by atoms with Crippen LogP contribution in [0.2, 0.25) is 0 Å². The first kappa shape index (κ1) is 14.7. The van der Waals surface area contributed by atoms with Crippen molar-refractivity contribution < 1.29 is 9.59 Å². The van der Waals surface area contributed by atoms with Gasteiger partial charge in [0.15, 0.2) is 0 Å². The predicted octanol–water partition coefficient (Wildman–Crippen LogP) is 2.28. The predicted molar refractivity (Wildman–Crippen MR) is 80.9 cm³/mol. The van der Waals surface area contributed by atoms with Gasteiger partial charge in [0.1, 0.15) is 0 Å². The maximum absolute atomic E-state index is 11.9. The van der Waals surface area contributed by atoms with Crippen molar-refractivity contribution in [1.82, 2.24) is 10.3 Å². The molecule has 0 saturated heterocycles. The zero-order valence-corrected chi connectivity index (χ0v) is 12.0. The van der Waals surface area contributed by atoms with E-state index >= 15 is 0 Å². The molecule has 0 aliphatic rings. The maximum atomic E-state index is 11.9. The van der Waals surface area contributed by atoms with Gasteiger partial charge in [0.25, 0.3) is 5.91 Å². The van der Waals surface area contributed by atoms with Crippen molar-refractivity contribution in [1.29, 1.82) is 0 Å². The number of aromatic nitrogens is 1. The summed E-state index contributed by atoms with van der Waals surface area (Å²) in [5, 5.41) is 5.52. The minimum atomic E-state index is -0.159. The molecule has 1 aromatic heterocycles. The smallest absolute Gasteiger partial charge is 0.253 e. The molecule has 0 atom stereocenters. The van der Waals surface area contributed by atoms with Gasteiger partial charge in [-0.05, 0) is 36.8 Å². The molecule has 5 nitrogen and oxygen atoms in total. The molecule has 0 aliphatic carbocycles. The Morgan fingerprint density at radius 3 is 2.38 bits per heavy atom. The molecule has 0 saturated carbocycles. The number of nitrogens with one attached hydrogen (secondary N) is 2. The van der Waals surface area contributed by atoms with Gasteiger partial charge in [-0.2, -0.15) is 0 Å². The van der Waals surface area contributed by atoms with Gasteiger partial charge in [0.05, 0.1) is 5.56 Å². The molecule has 2 amide bonds. The largest absolute Gasteiger partial charge is 0.348 e. The van der Waals surface area contributed by atoms with Gasteiger partial charge in [-0.25, -0.2) is 0 Å². The average Bonchev–Trinajstić information content (AvgIpc) is 2.46. The first-order chi connectivity index (χ1) is 10.0. The fraction of sp³-hybridized carbons (Fsp3) is 0.188. The summed E-state index contributed by atoms with van der Waals surface area (Å²) < 4.78 is 0. The van der Waals surface area contributed by atoms with Gasteiger partial charge < -0.3 is 10.6 Å². The highest BCUT2D eigenvalue weighted by Crippen LogP contribution is 2.09. The van der Waals surface area contributed by atoms with Crippen LogP contribution < -0.4 is 10.6 Å². The van der Waals surface area contributed by atoms with Crippen molar-refractivity contribution in [3.05, 3.63) is 59.4 Å². The van der Waals surface area contributed by atoms with Crippen LogP contribution in [0.5, 0.6) is 0 Å². The van der Waals surface area contributed by atoms with Gasteiger partial charge >= 0.3 is 0 Å². The number of rotatable bonds is 4. The number of carbonyl (C=O) groups excluding carboxylic acids is 2. The van der Waals surface area contributed by atoms with Crippen LogP contribution in [0.4, 0.5) is 5.69 Å². The second-order valence-corrected chi connectivity index (χ2v) is 4.75. The molecular weight excluding hydrogens is 266 g/mol. The van der Waals surface area contributed by atoms with Crippen LogP contribution in [0.3, 0.4) is 0 Å². The van der Waals surface area contributed by atoms with Crippen LogP contribution in [0, 0.1) is 6.92 Å². The van der Waals surface area contributed by atoms with Crippen LogP contribution in [-0.2, 0) is 11.3 Å². The van der Waals surface area contributed by atoms with Crippen molar-refractivity contribution in [2.24, 2.45) is 0 Å². The number of hydrogen-bond donors (Lipinski definition) is 2. The lowest BCUT2D eigenvalue weighted by Gasteiger charge is -2.07. The van der Waals surface area contributed by atoms with Gasteiger partial charge in [0.2, 0.25) is 5.91 Å². The molecule has 0 radical (unpaired) electrons. The lowest BCUT2D eigenvalue weighted by Crippen LogP contribution is -2.22. The molecule has 0 spiro atoms. The van der Waals surface area contributed by atoms with Crippen molar-refractivity contribution in [3.63, 3.8) is 0 Å². The molecule has 1 aromatic carbocycles. The van der Waals surface area contributed by atoms with E-state index < -0.39 is 0 Å². The first-order valence-corrected chi connectivity index (χ1v) is 6.62. The molecule has 2 rings (SSSR count). The van der Waals surface area contributed by atoms with E-state index in [1.54, 1.807) is 30.5 Å². The van der Waals surface area contributed by atoms with Gasteiger partial charge in [0, 0.05) is 31.0 Å². The summed E-state index contributed by atoms with van der Waals surface area (Å²) >= 11 is 0. The lowest BCUT2D eigenvalue weighted by molar-refractivity contribution is -0.114. The zero-order valence-electron chi connectivity index (χ0n) is 12.0. The van der Waals surface area contributed by atoms with E-state index in [4.69, 9.17) is 0 Å². The summed E-state index contributed by atoms with van der Waals surface area (Å²) in [5.74, 6) is -0.267. The summed E-state index contributed by atoms with van der Waals surface area (Å²) in [6, 6.07) is 10.9. The summed E-state index contributed by atoms with van der Waals surface area (Å²) in [5.41, 5.74) is 3.11. The molecular formula is C16H17N3O2. The highest BCUT2D eigenvalue weighted by molar-refractivity contribution is 5.93. The normalized spacial score (nSPS) is 10.0. The third kappa shape index (κ3) is 4.42. The average molecular weight is 283 g/mol. The second-order valence-electron chi connectivity index (χ2n) is 4.75. The van der Waals surface area contributed by atoms with E-state index in [-0.39, 0.29) is 11.8 Å². The topological polar surface area (TPSA) is 71.1 Å². The summed E-state index contributed by atoms with van der Waals surface area (Å²) in [6.45, 7) is 3.76. The summed E-state index contributed by atoms with van der Waals surface area (Å²) in [6.07, 6.45) is 1.56. The van der Waals surface area contributed by atoms with Crippen molar-refractivity contribution in [3.8, 4) is 0 Å². The monoisotopic (exact) mass is 283 g/mol. The van der Waals surface area contributed by atoms with Crippen molar-refractivity contribution in [2.75, 3.05) is 5.32 Å². The molecule has 2 aromatic rings. The Bertz CT molecular complexity index is 634. The fourth-order valence-corrected chi connectivity index (χ4v) is 1.80. The number of amides is 2. The number of pyridine rings is 1. The zero-order chi connectivity index (χ0) is 15.2. The minimum Gasteiger partial charge on any atom is -0.348 e. The fourth-order valence-electron chi connectivity index (χ4n) is 1.80. The Morgan fingerprint density at radius 1 is 1.10 bits per heavy atom. The first-order valence-electron chi connectivity index (χ1n) is 6.62. The van der Waals surface area contributed by atoms with Crippen LogP contribution >= 0.6 is 0 Å². The number of nitrogens with zero attached hydrogens (tertiary/aromatic N) is 1. The Balaban J connectivity index is 1.92.